The van der Waals surface area contributed by atoms with Crippen LogP contribution in [0.15, 0.2) is 60.7 Å². The van der Waals surface area contributed by atoms with Gasteiger partial charge in [0.25, 0.3) is 0 Å². The molecule has 0 amide bonds. The maximum absolute atomic E-state index is 11.8. The molecule has 0 saturated heterocycles. The second-order valence-corrected chi connectivity index (χ2v) is 4.65. The first kappa shape index (κ1) is 14.3. The Kier molecular flexibility index (Phi) is 5.33. The van der Waals surface area contributed by atoms with Crippen molar-refractivity contribution in [1.29, 1.82) is 0 Å². The Bertz CT molecular complexity index is 525. The van der Waals surface area contributed by atoms with Crippen molar-refractivity contribution >= 4 is 5.97 Å². The van der Waals surface area contributed by atoms with Crippen LogP contribution >= 0.6 is 0 Å². The van der Waals surface area contributed by atoms with Crippen LogP contribution in [0.4, 0.5) is 0 Å². The van der Waals surface area contributed by atoms with E-state index in [0.717, 1.165) is 18.4 Å². The van der Waals surface area contributed by atoms with Gasteiger partial charge in [0.1, 0.15) is 6.04 Å². The van der Waals surface area contributed by atoms with Crippen molar-refractivity contribution in [2.24, 2.45) is 5.73 Å². The largest absolute Gasteiger partial charge is 0.464 e. The number of esters is 1. The average molecular weight is 269 g/mol. The third-order valence-electron chi connectivity index (χ3n) is 3.11. The molecule has 2 N–H and O–H groups in total. The smallest absolute Gasteiger partial charge is 0.327 e. The van der Waals surface area contributed by atoms with E-state index in [1.54, 1.807) is 0 Å². The minimum absolute atomic E-state index is 0.371. The number of aryl methyl sites for hydroxylation is 1. The zero-order valence-electron chi connectivity index (χ0n) is 11.4. The number of benzene rings is 2. The Hall–Kier alpha value is -2.13. The lowest BCUT2D eigenvalue weighted by molar-refractivity contribution is -0.145. The molecule has 1 atom stereocenters. The molecule has 0 heterocycles. The van der Waals surface area contributed by atoms with Crippen molar-refractivity contribution in [3.05, 3.63) is 71.8 Å². The van der Waals surface area contributed by atoms with Crippen LogP contribution < -0.4 is 5.73 Å². The molecule has 0 spiro atoms. The van der Waals surface area contributed by atoms with Crippen LogP contribution in [0.2, 0.25) is 0 Å². The van der Waals surface area contributed by atoms with E-state index < -0.39 is 6.04 Å². The predicted molar refractivity (Wildman–Crippen MR) is 79.1 cm³/mol. The standard InChI is InChI=1S/C17H19NO2/c18-16(15-11-5-2-6-12-15)17(19)20-13-7-10-14-8-3-1-4-9-14/h1-6,8-9,11-12,16H,7,10,13,18H2/t16-/m0/s1. The summed E-state index contributed by atoms with van der Waals surface area (Å²) in [7, 11) is 0. The molecule has 3 nitrogen and oxygen atoms in total. The van der Waals surface area contributed by atoms with Gasteiger partial charge in [-0.3, -0.25) is 0 Å². The van der Waals surface area contributed by atoms with E-state index in [1.807, 2.05) is 48.5 Å². The summed E-state index contributed by atoms with van der Waals surface area (Å²) in [5.74, 6) is -0.371. The van der Waals surface area contributed by atoms with Gasteiger partial charge in [0, 0.05) is 0 Å². The summed E-state index contributed by atoms with van der Waals surface area (Å²) < 4.78 is 5.22. The number of hydrogen-bond donors (Lipinski definition) is 1. The molecular formula is C17H19NO2. The van der Waals surface area contributed by atoms with Crippen molar-refractivity contribution < 1.29 is 9.53 Å². The van der Waals surface area contributed by atoms with E-state index in [2.05, 4.69) is 12.1 Å². The lowest BCUT2D eigenvalue weighted by atomic mass is 10.1. The minimum atomic E-state index is -0.701. The second kappa shape index (κ2) is 7.46. The number of carbonyl (C=O) groups excluding carboxylic acids is 1. The summed E-state index contributed by atoms with van der Waals surface area (Å²) in [4.78, 5) is 11.8. The van der Waals surface area contributed by atoms with Crippen LogP contribution in [0.3, 0.4) is 0 Å². The highest BCUT2D eigenvalue weighted by Gasteiger charge is 2.16. The molecule has 2 aromatic carbocycles. The highest BCUT2D eigenvalue weighted by Crippen LogP contribution is 2.11. The maximum atomic E-state index is 11.8. The summed E-state index contributed by atoms with van der Waals surface area (Å²) in [5.41, 5.74) is 7.88. The van der Waals surface area contributed by atoms with E-state index in [1.165, 1.54) is 5.56 Å². The quantitative estimate of drug-likeness (QED) is 0.648. The predicted octanol–water partition coefficient (Wildman–Crippen LogP) is 2.86. The third-order valence-corrected chi connectivity index (χ3v) is 3.11. The first-order chi connectivity index (χ1) is 9.77. The lowest BCUT2D eigenvalue weighted by Crippen LogP contribution is -2.24. The van der Waals surface area contributed by atoms with Gasteiger partial charge in [-0.15, -0.1) is 0 Å². The molecule has 2 rings (SSSR count). The van der Waals surface area contributed by atoms with Gasteiger partial charge >= 0.3 is 5.97 Å². The van der Waals surface area contributed by atoms with Gasteiger partial charge in [-0.1, -0.05) is 60.7 Å². The van der Waals surface area contributed by atoms with Crippen molar-refractivity contribution in [3.63, 3.8) is 0 Å². The number of rotatable bonds is 6. The zero-order valence-corrected chi connectivity index (χ0v) is 11.4. The van der Waals surface area contributed by atoms with Crippen LogP contribution in [-0.4, -0.2) is 12.6 Å². The van der Waals surface area contributed by atoms with Gasteiger partial charge in [-0.05, 0) is 24.0 Å². The Morgan fingerprint density at radius 2 is 1.60 bits per heavy atom. The summed E-state index contributed by atoms with van der Waals surface area (Å²) in [6, 6.07) is 18.7. The molecule has 0 saturated carbocycles. The molecule has 0 fully saturated rings. The topological polar surface area (TPSA) is 52.3 Å². The maximum Gasteiger partial charge on any atom is 0.327 e. The Balaban J connectivity index is 1.73. The molecule has 0 aliphatic rings. The third kappa shape index (κ3) is 4.21. The lowest BCUT2D eigenvalue weighted by Gasteiger charge is -2.11. The minimum Gasteiger partial charge on any atom is -0.464 e. The molecule has 0 aliphatic carbocycles. The molecule has 0 radical (unpaired) electrons. The summed E-state index contributed by atoms with van der Waals surface area (Å²) in [5, 5.41) is 0. The SMILES string of the molecule is N[C@H](C(=O)OCCCc1ccccc1)c1ccccc1. The van der Waals surface area contributed by atoms with Crippen LogP contribution in [0.5, 0.6) is 0 Å². The fourth-order valence-corrected chi connectivity index (χ4v) is 1.98. The summed E-state index contributed by atoms with van der Waals surface area (Å²) in [6.07, 6.45) is 1.70. The van der Waals surface area contributed by atoms with Crippen molar-refractivity contribution in [3.8, 4) is 0 Å². The molecule has 0 bridgehead atoms. The van der Waals surface area contributed by atoms with Crippen LogP contribution in [0.1, 0.15) is 23.6 Å². The van der Waals surface area contributed by atoms with Gasteiger partial charge in [0.15, 0.2) is 0 Å². The molecule has 20 heavy (non-hydrogen) atoms. The van der Waals surface area contributed by atoms with Crippen molar-refractivity contribution in [1.82, 2.24) is 0 Å². The number of ether oxygens (including phenoxy) is 1. The van der Waals surface area contributed by atoms with Gasteiger partial charge < -0.3 is 10.5 Å². The normalized spacial score (nSPS) is 11.8. The summed E-state index contributed by atoms with van der Waals surface area (Å²) >= 11 is 0. The number of nitrogens with two attached hydrogens (primary N) is 1. The highest BCUT2D eigenvalue weighted by atomic mass is 16.5. The first-order valence-corrected chi connectivity index (χ1v) is 6.78. The van der Waals surface area contributed by atoms with Gasteiger partial charge in [-0.25, -0.2) is 4.79 Å². The fourth-order valence-electron chi connectivity index (χ4n) is 1.98. The van der Waals surface area contributed by atoms with Crippen molar-refractivity contribution in [2.45, 2.75) is 18.9 Å². The Morgan fingerprint density at radius 3 is 2.25 bits per heavy atom. The fraction of sp³-hybridized carbons (Fsp3) is 0.235. The Labute approximate surface area is 119 Å². The zero-order chi connectivity index (χ0) is 14.2. The first-order valence-electron chi connectivity index (χ1n) is 6.78. The van der Waals surface area contributed by atoms with Gasteiger partial charge in [-0.2, -0.15) is 0 Å². The van der Waals surface area contributed by atoms with Crippen LogP contribution in [0, 0.1) is 0 Å². The molecule has 0 aromatic heterocycles. The van der Waals surface area contributed by atoms with Gasteiger partial charge in [0.05, 0.1) is 6.61 Å². The van der Waals surface area contributed by atoms with E-state index in [4.69, 9.17) is 10.5 Å². The summed E-state index contributed by atoms with van der Waals surface area (Å²) in [6.45, 7) is 0.397. The number of carbonyl (C=O) groups is 1. The monoisotopic (exact) mass is 269 g/mol. The average Bonchev–Trinajstić information content (AvgIpc) is 2.52. The van der Waals surface area contributed by atoms with E-state index >= 15 is 0 Å². The van der Waals surface area contributed by atoms with E-state index in [9.17, 15) is 4.79 Å². The van der Waals surface area contributed by atoms with E-state index in [0.29, 0.717) is 6.61 Å². The second-order valence-electron chi connectivity index (χ2n) is 4.65. The van der Waals surface area contributed by atoms with Crippen molar-refractivity contribution in [2.75, 3.05) is 6.61 Å². The van der Waals surface area contributed by atoms with Gasteiger partial charge in [0.2, 0.25) is 0 Å². The number of hydrogen-bond acceptors (Lipinski definition) is 3. The molecule has 3 heteroatoms. The van der Waals surface area contributed by atoms with Crippen LogP contribution in [0.25, 0.3) is 0 Å². The highest BCUT2D eigenvalue weighted by molar-refractivity contribution is 5.77. The molecule has 2 aromatic rings. The molecular weight excluding hydrogens is 250 g/mol. The molecule has 104 valence electrons. The Morgan fingerprint density at radius 1 is 1.00 bits per heavy atom. The molecule has 0 unspecified atom stereocenters. The van der Waals surface area contributed by atoms with Crippen LogP contribution in [-0.2, 0) is 16.0 Å². The van der Waals surface area contributed by atoms with E-state index in [-0.39, 0.29) is 5.97 Å². The molecule has 0 aliphatic heterocycles.